The first-order valence-corrected chi connectivity index (χ1v) is 12.2. The lowest BCUT2D eigenvalue weighted by atomic mass is 9.83. The predicted molar refractivity (Wildman–Crippen MR) is 134 cm³/mol. The van der Waals surface area contributed by atoms with Crippen molar-refractivity contribution in [3.05, 3.63) is 80.0 Å². The molecular formula is C26H25ClN4O3S. The van der Waals surface area contributed by atoms with Crippen molar-refractivity contribution < 1.29 is 14.3 Å². The number of carbonyl (C=O) groups is 1. The third-order valence-corrected chi connectivity index (χ3v) is 6.91. The summed E-state index contributed by atoms with van der Waals surface area (Å²) in [5, 5.41) is 20.6. The number of benzene rings is 1. The molecule has 2 N–H and O–H groups in total. The maximum atomic E-state index is 13.3. The molecule has 2 heterocycles. The SMILES string of the molecule is Cc1nc(SCC2=C(C(=O)OC(C)C)[C@H](c3ccc(Cl)cc3)C(C#N)=C(N)O2)c(C#N)c(C)c1C. The molecule has 35 heavy (non-hydrogen) atoms. The van der Waals surface area contributed by atoms with E-state index in [9.17, 15) is 15.3 Å². The average molecular weight is 509 g/mol. The van der Waals surface area contributed by atoms with Crippen LogP contribution in [0.25, 0.3) is 0 Å². The van der Waals surface area contributed by atoms with Gasteiger partial charge in [-0.15, -0.1) is 0 Å². The first-order valence-electron chi connectivity index (χ1n) is 10.9. The Labute approximate surface area is 214 Å². The molecule has 7 nitrogen and oxygen atoms in total. The molecule has 1 aromatic heterocycles. The number of hydrogen-bond donors (Lipinski definition) is 1. The lowest BCUT2D eigenvalue weighted by Crippen LogP contribution is -2.28. The Morgan fingerprint density at radius 3 is 2.43 bits per heavy atom. The molecule has 0 saturated heterocycles. The van der Waals surface area contributed by atoms with Gasteiger partial charge in [0.1, 0.15) is 28.5 Å². The van der Waals surface area contributed by atoms with Crippen LogP contribution in [0.4, 0.5) is 0 Å². The number of nitrogens with zero attached hydrogens (tertiary/aromatic N) is 3. The van der Waals surface area contributed by atoms with Crippen LogP contribution in [-0.4, -0.2) is 22.8 Å². The summed E-state index contributed by atoms with van der Waals surface area (Å²) < 4.78 is 11.3. The van der Waals surface area contributed by atoms with Crippen molar-refractivity contribution in [2.24, 2.45) is 5.73 Å². The number of ether oxygens (including phenoxy) is 2. The molecule has 2 aromatic rings. The van der Waals surface area contributed by atoms with E-state index in [4.69, 9.17) is 26.8 Å². The van der Waals surface area contributed by atoms with Crippen molar-refractivity contribution in [1.82, 2.24) is 4.98 Å². The molecule has 0 bridgehead atoms. The molecule has 1 aliphatic rings. The predicted octanol–water partition coefficient (Wildman–Crippen LogP) is 5.34. The first kappa shape index (κ1) is 26.2. The van der Waals surface area contributed by atoms with E-state index in [0.717, 1.165) is 16.8 Å². The Kier molecular flexibility index (Phi) is 8.11. The minimum absolute atomic E-state index is 0.0890. The summed E-state index contributed by atoms with van der Waals surface area (Å²) in [5.74, 6) is -1.10. The lowest BCUT2D eigenvalue weighted by Gasteiger charge is -2.28. The number of carbonyl (C=O) groups excluding carboxylic acids is 1. The highest BCUT2D eigenvalue weighted by molar-refractivity contribution is 7.99. The molecule has 0 aliphatic carbocycles. The zero-order valence-corrected chi connectivity index (χ0v) is 21.7. The summed E-state index contributed by atoms with van der Waals surface area (Å²) >= 11 is 7.32. The third-order valence-electron chi connectivity index (χ3n) is 5.68. The van der Waals surface area contributed by atoms with Crippen LogP contribution in [0.2, 0.25) is 5.02 Å². The maximum absolute atomic E-state index is 13.3. The van der Waals surface area contributed by atoms with Crippen molar-refractivity contribution in [3.63, 3.8) is 0 Å². The first-order chi connectivity index (χ1) is 16.6. The number of pyridine rings is 1. The second-order valence-corrected chi connectivity index (χ2v) is 9.70. The summed E-state index contributed by atoms with van der Waals surface area (Å²) in [6.07, 6.45) is -0.391. The monoisotopic (exact) mass is 508 g/mol. The third kappa shape index (κ3) is 5.45. The number of aromatic nitrogens is 1. The van der Waals surface area contributed by atoms with Crippen LogP contribution in [0.5, 0.6) is 0 Å². The van der Waals surface area contributed by atoms with E-state index in [1.54, 1.807) is 38.1 Å². The average Bonchev–Trinajstić information content (AvgIpc) is 2.80. The van der Waals surface area contributed by atoms with Crippen molar-refractivity contribution in [2.75, 3.05) is 5.75 Å². The van der Waals surface area contributed by atoms with Crippen molar-refractivity contribution in [3.8, 4) is 12.1 Å². The normalized spacial score (nSPS) is 15.5. The van der Waals surface area contributed by atoms with Gasteiger partial charge in [-0.1, -0.05) is 35.5 Å². The molecule has 0 radical (unpaired) electrons. The molecule has 3 rings (SSSR count). The fourth-order valence-corrected chi connectivity index (χ4v) is 4.85. The number of esters is 1. The number of nitriles is 2. The summed E-state index contributed by atoms with van der Waals surface area (Å²) in [6.45, 7) is 9.16. The van der Waals surface area contributed by atoms with Gasteiger partial charge in [0.25, 0.3) is 0 Å². The standard InChI is InChI=1S/C26H25ClN4O3S/c1-13(2)33-26(32)23-21(12-35-25-19(10-28)15(4)14(3)16(5)31-25)34-24(30)20(11-29)22(23)17-6-8-18(27)9-7-17/h6-9,13,22H,12,30H2,1-5H3/t22-/m1/s1. The summed E-state index contributed by atoms with van der Waals surface area (Å²) in [7, 11) is 0. The molecule has 1 aromatic carbocycles. The molecule has 9 heteroatoms. The second-order valence-electron chi connectivity index (χ2n) is 8.30. The zero-order valence-electron chi connectivity index (χ0n) is 20.1. The molecule has 0 amide bonds. The highest BCUT2D eigenvalue weighted by Crippen LogP contribution is 2.41. The van der Waals surface area contributed by atoms with Crippen molar-refractivity contribution in [2.45, 2.75) is 51.7 Å². The van der Waals surface area contributed by atoms with Crippen molar-refractivity contribution >= 4 is 29.3 Å². The van der Waals surface area contributed by atoms with Gasteiger partial charge < -0.3 is 15.2 Å². The fraction of sp³-hybridized carbons (Fsp3) is 0.308. The number of aryl methyl sites for hydroxylation is 1. The van der Waals surface area contributed by atoms with E-state index in [-0.39, 0.29) is 28.5 Å². The molecule has 0 unspecified atom stereocenters. The van der Waals surface area contributed by atoms with Gasteiger partial charge in [0, 0.05) is 10.7 Å². The van der Waals surface area contributed by atoms with Crippen molar-refractivity contribution in [1.29, 1.82) is 10.5 Å². The number of nitrogens with two attached hydrogens (primary N) is 1. The highest BCUT2D eigenvalue weighted by atomic mass is 35.5. The van der Waals surface area contributed by atoms with E-state index in [1.807, 2.05) is 20.8 Å². The topological polar surface area (TPSA) is 122 Å². The van der Waals surface area contributed by atoms with Crippen LogP contribution in [-0.2, 0) is 14.3 Å². The molecule has 1 aliphatic heterocycles. The van der Waals surface area contributed by atoms with E-state index < -0.39 is 18.0 Å². The van der Waals surface area contributed by atoms with Gasteiger partial charge >= 0.3 is 5.97 Å². The summed E-state index contributed by atoms with van der Waals surface area (Å²) in [6, 6.07) is 11.1. The Hall–Kier alpha value is -3.46. The van der Waals surface area contributed by atoms with Gasteiger partial charge in [-0.3, -0.25) is 0 Å². The Bertz CT molecular complexity index is 1320. The number of hydrogen-bond acceptors (Lipinski definition) is 8. The van der Waals surface area contributed by atoms with E-state index in [0.29, 0.717) is 21.2 Å². The number of rotatable bonds is 6. The van der Waals surface area contributed by atoms with Crippen LogP contribution >= 0.6 is 23.4 Å². The molecular weight excluding hydrogens is 484 g/mol. The summed E-state index contributed by atoms with van der Waals surface area (Å²) in [5.41, 5.74) is 10.2. The smallest absolute Gasteiger partial charge is 0.338 e. The van der Waals surface area contributed by atoms with E-state index >= 15 is 0 Å². The second kappa shape index (κ2) is 10.9. The Morgan fingerprint density at radius 2 is 1.86 bits per heavy atom. The van der Waals surface area contributed by atoms with E-state index in [1.165, 1.54) is 11.8 Å². The van der Waals surface area contributed by atoms with Gasteiger partial charge in [-0.25, -0.2) is 9.78 Å². The van der Waals surface area contributed by atoms with Crippen LogP contribution in [0, 0.1) is 43.4 Å². The molecule has 0 saturated carbocycles. The largest absolute Gasteiger partial charge is 0.459 e. The number of thioether (sulfide) groups is 1. The van der Waals surface area contributed by atoms with Crippen LogP contribution in [0.1, 0.15) is 47.7 Å². The Morgan fingerprint density at radius 1 is 1.20 bits per heavy atom. The maximum Gasteiger partial charge on any atom is 0.338 e. The van der Waals surface area contributed by atoms with Gasteiger partial charge in [-0.2, -0.15) is 10.5 Å². The molecule has 1 atom stereocenters. The highest BCUT2D eigenvalue weighted by Gasteiger charge is 2.38. The number of halogens is 1. The molecule has 0 fully saturated rings. The van der Waals surface area contributed by atoms with Crippen LogP contribution in [0.3, 0.4) is 0 Å². The summed E-state index contributed by atoms with van der Waals surface area (Å²) in [4.78, 5) is 17.9. The van der Waals surface area contributed by atoms with E-state index in [2.05, 4.69) is 17.1 Å². The van der Waals surface area contributed by atoms with Crippen LogP contribution in [0.15, 0.2) is 52.1 Å². The molecule has 180 valence electrons. The van der Waals surface area contributed by atoms with Crippen LogP contribution < -0.4 is 5.73 Å². The fourth-order valence-electron chi connectivity index (χ4n) is 3.70. The van der Waals surface area contributed by atoms with Gasteiger partial charge in [-0.05, 0) is 63.4 Å². The Balaban J connectivity index is 2.13. The van der Waals surface area contributed by atoms with Gasteiger partial charge in [0.15, 0.2) is 0 Å². The quantitative estimate of drug-likeness (QED) is 0.410. The van der Waals surface area contributed by atoms with Gasteiger partial charge in [0.05, 0.1) is 28.9 Å². The lowest BCUT2D eigenvalue weighted by molar-refractivity contribution is -0.143. The number of allylic oxidation sites excluding steroid dienone is 1. The zero-order chi connectivity index (χ0) is 25.9. The van der Waals surface area contributed by atoms with Gasteiger partial charge in [0.2, 0.25) is 5.88 Å². The minimum atomic E-state index is -0.794. The molecule has 0 spiro atoms. The minimum Gasteiger partial charge on any atom is -0.459 e.